The quantitative estimate of drug-likeness (QED) is 0.163. The van der Waals surface area contributed by atoms with E-state index >= 15 is 0 Å². The van der Waals surface area contributed by atoms with Gasteiger partial charge in [0.05, 0.1) is 22.1 Å². The first kappa shape index (κ1) is 29.9. The lowest BCUT2D eigenvalue weighted by Gasteiger charge is -2.30. The van der Waals surface area contributed by atoms with Crippen LogP contribution in [0.3, 0.4) is 0 Å². The zero-order valence-corrected chi connectivity index (χ0v) is 30.8. The van der Waals surface area contributed by atoms with Crippen LogP contribution in [-0.2, 0) is 5.41 Å². The number of rotatable bonds is 2. The Hall–Kier alpha value is -7.42. The Balaban J connectivity index is 1.18. The van der Waals surface area contributed by atoms with Gasteiger partial charge in [-0.25, -0.2) is 0 Å². The predicted octanol–water partition coefficient (Wildman–Crippen LogP) is 14.4. The number of para-hydroxylation sites is 1. The number of hydrogen-bond acceptors (Lipinski definition) is 1. The minimum absolute atomic E-state index is 0.425. The average Bonchev–Trinajstić information content (AvgIpc) is 4.00. The van der Waals surface area contributed by atoms with E-state index in [1.54, 1.807) is 0 Å². The van der Waals surface area contributed by atoms with Crippen molar-refractivity contribution in [1.29, 1.82) is 0 Å². The third-order valence-corrected chi connectivity index (χ3v) is 13.3. The van der Waals surface area contributed by atoms with E-state index < -0.39 is 5.41 Å². The van der Waals surface area contributed by atoms with Crippen LogP contribution in [0.1, 0.15) is 22.3 Å². The number of furan rings is 1. The van der Waals surface area contributed by atoms with Crippen LogP contribution in [0.5, 0.6) is 0 Å². The van der Waals surface area contributed by atoms with E-state index in [4.69, 9.17) is 4.42 Å². The van der Waals surface area contributed by atoms with Crippen LogP contribution in [0.25, 0.3) is 104 Å². The van der Waals surface area contributed by atoms with Crippen molar-refractivity contribution in [2.24, 2.45) is 0 Å². The molecule has 2 aliphatic rings. The Bertz CT molecular complexity index is 3650. The summed E-state index contributed by atoms with van der Waals surface area (Å²) in [6.45, 7) is 0. The van der Waals surface area contributed by atoms with Gasteiger partial charge in [-0.2, -0.15) is 0 Å². The molecule has 0 fully saturated rings. The first-order valence-corrected chi connectivity index (χ1v) is 19.9. The highest BCUT2D eigenvalue weighted by Crippen LogP contribution is 2.64. The van der Waals surface area contributed by atoms with Gasteiger partial charge in [0.15, 0.2) is 0 Å². The third kappa shape index (κ3) is 3.50. The first-order valence-electron chi connectivity index (χ1n) is 19.9. The average molecular weight is 722 g/mol. The van der Waals surface area contributed by atoms with Gasteiger partial charge in [0.25, 0.3) is 0 Å². The van der Waals surface area contributed by atoms with E-state index in [9.17, 15) is 0 Å². The molecular formula is C55H31NO. The second kappa shape index (κ2) is 10.5. The lowest BCUT2D eigenvalue weighted by molar-refractivity contribution is 0.669. The lowest BCUT2D eigenvalue weighted by atomic mass is 9.70. The maximum atomic E-state index is 6.72. The summed E-state index contributed by atoms with van der Waals surface area (Å²) >= 11 is 0. The van der Waals surface area contributed by atoms with Gasteiger partial charge in [0.1, 0.15) is 11.2 Å². The molecular weight excluding hydrogens is 691 g/mol. The van der Waals surface area contributed by atoms with Crippen molar-refractivity contribution in [2.45, 2.75) is 5.41 Å². The summed E-state index contributed by atoms with van der Waals surface area (Å²) in [6.07, 6.45) is 0. The summed E-state index contributed by atoms with van der Waals surface area (Å²) in [6, 6.07) is 69.9. The molecule has 2 heterocycles. The van der Waals surface area contributed by atoms with Crippen LogP contribution in [-0.4, -0.2) is 4.57 Å². The second-order valence-corrected chi connectivity index (χ2v) is 15.9. The Morgan fingerprint density at radius 3 is 1.81 bits per heavy atom. The highest BCUT2D eigenvalue weighted by Gasteiger charge is 2.52. The van der Waals surface area contributed by atoms with E-state index in [1.807, 2.05) is 0 Å². The van der Waals surface area contributed by atoms with Crippen molar-refractivity contribution in [1.82, 2.24) is 4.57 Å². The number of fused-ring (bicyclic) bond motifs is 17. The number of hydrogen-bond donors (Lipinski definition) is 0. The Morgan fingerprint density at radius 1 is 0.368 bits per heavy atom. The molecule has 14 rings (SSSR count). The molecule has 0 saturated heterocycles. The van der Waals surface area contributed by atoms with Gasteiger partial charge in [0, 0.05) is 32.5 Å². The van der Waals surface area contributed by atoms with Crippen molar-refractivity contribution >= 4 is 65.3 Å². The second-order valence-electron chi connectivity index (χ2n) is 15.9. The van der Waals surface area contributed by atoms with Gasteiger partial charge < -0.3 is 8.98 Å². The fraction of sp³-hybridized carbons (Fsp3) is 0.0182. The highest BCUT2D eigenvalue weighted by atomic mass is 16.3. The van der Waals surface area contributed by atoms with Crippen LogP contribution in [0, 0.1) is 0 Å². The lowest BCUT2D eigenvalue weighted by Crippen LogP contribution is -2.25. The molecule has 2 aromatic heterocycles. The minimum atomic E-state index is -0.425. The molecule has 0 N–H and O–H groups in total. The van der Waals surface area contributed by atoms with E-state index in [2.05, 4.69) is 193 Å². The molecule has 0 saturated carbocycles. The molecule has 57 heavy (non-hydrogen) atoms. The molecule has 0 atom stereocenters. The van der Waals surface area contributed by atoms with Crippen LogP contribution >= 0.6 is 0 Å². The monoisotopic (exact) mass is 721 g/mol. The zero-order chi connectivity index (χ0) is 37.0. The molecule has 2 aliphatic carbocycles. The summed E-state index contributed by atoms with van der Waals surface area (Å²) in [7, 11) is 0. The van der Waals surface area contributed by atoms with Gasteiger partial charge in [-0.15, -0.1) is 0 Å². The molecule has 0 unspecified atom stereocenters. The maximum Gasteiger partial charge on any atom is 0.136 e. The fourth-order valence-electron chi connectivity index (χ4n) is 11.3. The minimum Gasteiger partial charge on any atom is -0.456 e. The van der Waals surface area contributed by atoms with Crippen molar-refractivity contribution in [3.63, 3.8) is 0 Å². The third-order valence-electron chi connectivity index (χ3n) is 13.3. The van der Waals surface area contributed by atoms with Crippen LogP contribution < -0.4 is 0 Å². The maximum absolute atomic E-state index is 6.72. The normalized spacial score (nSPS) is 13.8. The SMILES string of the molecule is c1ccc(-c2cc3oc4cccc5c6c(-n7c8ccccc8c8ccc9c(c87)-c7ccccc7C97c8ccccc8-c8ccccc87)cccc6c(c2)c3c45)cc1. The molecule has 10 aromatic carbocycles. The number of benzene rings is 10. The standard InChI is InChI=1S/C55H31NO/c1-2-14-32(15-3-1)33-30-41-37-20-12-26-47(50(37)40-21-13-27-48-52(40)53(41)49(31-33)57-48)56-46-25-11-7-18-36(46)38-28-29-45-51(54(38)56)39-19-6-10-24-44(39)55(45)42-22-8-4-16-34(42)35-17-5-9-23-43(35)55/h1-31H. The smallest absolute Gasteiger partial charge is 0.136 e. The van der Waals surface area contributed by atoms with Gasteiger partial charge in [-0.1, -0.05) is 158 Å². The molecule has 2 nitrogen and oxygen atoms in total. The molecule has 262 valence electrons. The Morgan fingerprint density at radius 2 is 1.00 bits per heavy atom. The van der Waals surface area contributed by atoms with Crippen molar-refractivity contribution in [3.8, 4) is 39.1 Å². The predicted molar refractivity (Wildman–Crippen MR) is 236 cm³/mol. The molecule has 0 amide bonds. The molecule has 12 aromatic rings. The molecule has 0 radical (unpaired) electrons. The van der Waals surface area contributed by atoms with Crippen molar-refractivity contribution in [3.05, 3.63) is 210 Å². The number of nitrogens with zero attached hydrogens (tertiary/aromatic N) is 1. The summed E-state index contributed by atoms with van der Waals surface area (Å²) in [4.78, 5) is 0. The highest BCUT2D eigenvalue weighted by molar-refractivity contribution is 6.35. The molecule has 1 spiro atoms. The summed E-state index contributed by atoms with van der Waals surface area (Å²) in [5, 5.41) is 9.80. The number of aromatic nitrogens is 1. The Kier molecular flexibility index (Phi) is 5.48. The largest absolute Gasteiger partial charge is 0.456 e. The molecule has 0 aliphatic heterocycles. The zero-order valence-electron chi connectivity index (χ0n) is 30.8. The molecule has 2 heteroatoms. The molecule has 0 bridgehead atoms. The van der Waals surface area contributed by atoms with Gasteiger partial charge in [-0.05, 0) is 96.6 Å². The van der Waals surface area contributed by atoms with Gasteiger partial charge in [-0.3, -0.25) is 0 Å². The van der Waals surface area contributed by atoms with Gasteiger partial charge in [0.2, 0.25) is 0 Å². The first-order chi connectivity index (χ1) is 28.3. The van der Waals surface area contributed by atoms with Crippen LogP contribution in [0.4, 0.5) is 0 Å². The van der Waals surface area contributed by atoms with E-state index in [1.165, 1.54) is 110 Å². The summed E-state index contributed by atoms with van der Waals surface area (Å²) in [5.41, 5.74) is 18.1. The Labute approximate surface area is 327 Å². The van der Waals surface area contributed by atoms with E-state index in [0.717, 1.165) is 16.7 Å². The van der Waals surface area contributed by atoms with E-state index in [-0.39, 0.29) is 0 Å². The summed E-state index contributed by atoms with van der Waals surface area (Å²) < 4.78 is 9.31. The van der Waals surface area contributed by atoms with Crippen molar-refractivity contribution < 1.29 is 4.42 Å². The fourth-order valence-corrected chi connectivity index (χ4v) is 11.3. The van der Waals surface area contributed by atoms with Crippen LogP contribution in [0.2, 0.25) is 0 Å². The van der Waals surface area contributed by atoms with Crippen LogP contribution in [0.15, 0.2) is 192 Å². The van der Waals surface area contributed by atoms with E-state index in [0.29, 0.717) is 0 Å². The summed E-state index contributed by atoms with van der Waals surface area (Å²) in [5.74, 6) is 0. The van der Waals surface area contributed by atoms with Gasteiger partial charge >= 0.3 is 0 Å². The van der Waals surface area contributed by atoms with Crippen molar-refractivity contribution in [2.75, 3.05) is 0 Å². The topological polar surface area (TPSA) is 18.1 Å².